The van der Waals surface area contributed by atoms with Crippen molar-refractivity contribution in [1.82, 2.24) is 26.2 Å². The van der Waals surface area contributed by atoms with Crippen molar-refractivity contribution in [2.24, 2.45) is 11.7 Å². The monoisotopic (exact) mass is 564 g/mol. The van der Waals surface area contributed by atoms with Gasteiger partial charge < -0.3 is 31.9 Å². The van der Waals surface area contributed by atoms with Crippen LogP contribution in [0.5, 0.6) is 0 Å². The molecule has 2 aliphatic heterocycles. The molecule has 3 amide bonds. The van der Waals surface area contributed by atoms with E-state index < -0.39 is 18.1 Å². The Morgan fingerprint density at radius 2 is 1.60 bits per heavy atom. The molecule has 2 saturated heterocycles. The number of thiocarbonyl (C=S) groups is 1. The number of nitrogens with two attached hydrogens (primary N) is 1. The highest BCUT2D eigenvalue weighted by molar-refractivity contribution is 7.80. The minimum Gasteiger partial charge on any atom is -0.376 e. The second-order valence-corrected chi connectivity index (χ2v) is 11.0. The molecule has 0 aromatic heterocycles. The van der Waals surface area contributed by atoms with Crippen LogP contribution in [0.15, 0.2) is 60.7 Å². The molecule has 0 bridgehead atoms. The summed E-state index contributed by atoms with van der Waals surface area (Å²) in [5.41, 5.74) is 7.62. The quantitative estimate of drug-likeness (QED) is 0.279. The van der Waals surface area contributed by atoms with Crippen LogP contribution in [0.4, 0.5) is 0 Å². The molecule has 6 N–H and O–H groups in total. The molecule has 0 saturated carbocycles. The van der Waals surface area contributed by atoms with Crippen molar-refractivity contribution in [3.8, 4) is 0 Å². The predicted octanol–water partition coefficient (Wildman–Crippen LogP) is 1.98. The summed E-state index contributed by atoms with van der Waals surface area (Å²) in [6, 6.07) is 17.4. The Morgan fingerprint density at radius 3 is 2.15 bits per heavy atom. The first-order chi connectivity index (χ1) is 19.3. The molecule has 0 unspecified atom stereocenters. The Labute approximate surface area is 241 Å². The van der Waals surface area contributed by atoms with E-state index in [1.807, 2.05) is 67.6 Å². The number of nitrogens with one attached hydrogen (secondary N) is 4. The SMILES string of the molecule is CC[C@H](NC)C(=O)N[C@@H]1C(=O)N2[C@@H](CC[C@@H]1CNC(N)=S)CC[C@H]2C(=O)NC(c1ccccc1)c1ccccc1. The first kappa shape index (κ1) is 29.5. The zero-order valence-electron chi connectivity index (χ0n) is 23.1. The average Bonchev–Trinajstić information content (AvgIpc) is 3.35. The standard InChI is InChI=1S/C30H40N6O3S/c1-3-23(32-2)27(37)35-26-21(18-33-30(31)40)14-15-22-16-17-24(36(22)29(26)39)28(38)34-25(19-10-6-4-7-11-19)20-12-8-5-9-13-20/h4-13,21-26,32H,3,14-18H2,1-2H3,(H,34,38)(H,35,37)(H3,31,33,40)/t21-,22+,23+,24+,26+/m1/s1. The van der Waals surface area contributed by atoms with Gasteiger partial charge in [-0.2, -0.15) is 0 Å². The van der Waals surface area contributed by atoms with Gasteiger partial charge in [0.25, 0.3) is 0 Å². The fourth-order valence-corrected chi connectivity index (χ4v) is 6.07. The molecule has 2 aromatic carbocycles. The number of nitrogens with zero attached hydrogens (tertiary/aromatic N) is 1. The second kappa shape index (κ2) is 13.7. The fourth-order valence-electron chi connectivity index (χ4n) is 5.99. The summed E-state index contributed by atoms with van der Waals surface area (Å²) < 4.78 is 0. The number of likely N-dealkylation sites (N-methyl/N-ethyl adjacent to an activating group) is 1. The molecule has 4 rings (SSSR count). The number of amides is 3. The van der Waals surface area contributed by atoms with Gasteiger partial charge in [0.15, 0.2) is 5.11 Å². The number of carbonyl (C=O) groups excluding carboxylic acids is 3. The molecule has 0 radical (unpaired) electrons. The number of carbonyl (C=O) groups is 3. The lowest BCUT2D eigenvalue weighted by Gasteiger charge is -2.33. The largest absolute Gasteiger partial charge is 0.376 e. The second-order valence-electron chi connectivity index (χ2n) is 10.6. The first-order valence-electron chi connectivity index (χ1n) is 14.1. The number of fused-ring (bicyclic) bond motifs is 1. The van der Waals surface area contributed by atoms with Crippen LogP contribution in [0.3, 0.4) is 0 Å². The summed E-state index contributed by atoms with van der Waals surface area (Å²) >= 11 is 5.01. The van der Waals surface area contributed by atoms with E-state index in [4.69, 9.17) is 18.0 Å². The highest BCUT2D eigenvalue weighted by Crippen LogP contribution is 2.34. The smallest absolute Gasteiger partial charge is 0.246 e. The molecule has 2 aliphatic rings. The number of rotatable bonds is 10. The van der Waals surface area contributed by atoms with Crippen LogP contribution in [0.25, 0.3) is 0 Å². The van der Waals surface area contributed by atoms with Crippen LogP contribution in [-0.4, -0.2) is 65.5 Å². The zero-order valence-corrected chi connectivity index (χ0v) is 24.0. The molecule has 9 nitrogen and oxygen atoms in total. The molecule has 2 fully saturated rings. The van der Waals surface area contributed by atoms with Crippen LogP contribution < -0.4 is 27.0 Å². The van der Waals surface area contributed by atoms with Crippen molar-refractivity contribution in [2.45, 2.75) is 69.2 Å². The lowest BCUT2D eigenvalue weighted by molar-refractivity contribution is -0.143. The lowest BCUT2D eigenvalue weighted by Crippen LogP contribution is -2.59. The molecule has 2 heterocycles. The van der Waals surface area contributed by atoms with Crippen LogP contribution in [0.1, 0.15) is 56.2 Å². The van der Waals surface area contributed by atoms with E-state index in [2.05, 4.69) is 21.3 Å². The van der Waals surface area contributed by atoms with E-state index in [9.17, 15) is 14.4 Å². The van der Waals surface area contributed by atoms with Crippen molar-refractivity contribution in [3.05, 3.63) is 71.8 Å². The molecule has 0 aliphatic carbocycles. The molecular weight excluding hydrogens is 524 g/mol. The number of benzene rings is 2. The van der Waals surface area contributed by atoms with Gasteiger partial charge in [-0.25, -0.2) is 0 Å². The summed E-state index contributed by atoms with van der Waals surface area (Å²) in [4.78, 5) is 42.9. The van der Waals surface area contributed by atoms with Gasteiger partial charge in [-0.05, 0) is 62.5 Å². The number of hydrogen-bond acceptors (Lipinski definition) is 5. The van der Waals surface area contributed by atoms with E-state index in [1.165, 1.54) is 0 Å². The van der Waals surface area contributed by atoms with Crippen molar-refractivity contribution in [3.63, 3.8) is 0 Å². The van der Waals surface area contributed by atoms with Crippen molar-refractivity contribution in [2.75, 3.05) is 13.6 Å². The van der Waals surface area contributed by atoms with Crippen LogP contribution >= 0.6 is 12.2 Å². The third kappa shape index (κ3) is 6.79. The molecule has 5 atom stereocenters. The van der Waals surface area contributed by atoms with Gasteiger partial charge in [0.1, 0.15) is 12.1 Å². The predicted molar refractivity (Wildman–Crippen MR) is 159 cm³/mol. The van der Waals surface area contributed by atoms with E-state index in [0.717, 1.165) is 24.0 Å². The molecule has 40 heavy (non-hydrogen) atoms. The molecular formula is C30H40N6O3S. The summed E-state index contributed by atoms with van der Waals surface area (Å²) in [6.45, 7) is 2.28. The third-order valence-electron chi connectivity index (χ3n) is 8.13. The number of hydrogen-bond donors (Lipinski definition) is 5. The highest BCUT2D eigenvalue weighted by Gasteiger charge is 2.48. The molecule has 2 aromatic rings. The average molecular weight is 565 g/mol. The minimum atomic E-state index is -0.797. The van der Waals surface area contributed by atoms with Crippen molar-refractivity contribution < 1.29 is 14.4 Å². The van der Waals surface area contributed by atoms with Gasteiger partial charge in [-0.15, -0.1) is 0 Å². The Kier molecular flexibility index (Phi) is 10.1. The van der Waals surface area contributed by atoms with Crippen molar-refractivity contribution in [1.29, 1.82) is 0 Å². The summed E-state index contributed by atoms with van der Waals surface area (Å²) in [7, 11) is 1.72. The summed E-state index contributed by atoms with van der Waals surface area (Å²) in [5, 5.41) is 12.4. The maximum absolute atomic E-state index is 14.2. The molecule has 10 heteroatoms. The van der Waals surface area contributed by atoms with Gasteiger partial charge in [0, 0.05) is 18.5 Å². The minimum absolute atomic E-state index is 0.0735. The van der Waals surface area contributed by atoms with Gasteiger partial charge in [0.2, 0.25) is 17.7 Å². The normalized spacial score (nSPS) is 23.2. The first-order valence-corrected chi connectivity index (χ1v) is 14.5. The summed E-state index contributed by atoms with van der Waals surface area (Å²) in [5.74, 6) is -0.885. The van der Waals surface area contributed by atoms with E-state index >= 15 is 0 Å². The van der Waals surface area contributed by atoms with Gasteiger partial charge in [-0.1, -0.05) is 67.6 Å². The summed E-state index contributed by atoms with van der Waals surface area (Å²) in [6.07, 6.45) is 3.31. The maximum Gasteiger partial charge on any atom is 0.246 e. The third-order valence-corrected chi connectivity index (χ3v) is 8.27. The maximum atomic E-state index is 14.2. The van der Waals surface area contributed by atoms with E-state index in [0.29, 0.717) is 25.8 Å². The van der Waals surface area contributed by atoms with Gasteiger partial charge >= 0.3 is 0 Å². The topological polar surface area (TPSA) is 129 Å². The van der Waals surface area contributed by atoms with Crippen LogP contribution in [0.2, 0.25) is 0 Å². The van der Waals surface area contributed by atoms with Crippen LogP contribution in [-0.2, 0) is 14.4 Å². The van der Waals surface area contributed by atoms with Gasteiger partial charge in [-0.3, -0.25) is 14.4 Å². The Bertz CT molecular complexity index is 1140. The Morgan fingerprint density at radius 1 is 1.00 bits per heavy atom. The van der Waals surface area contributed by atoms with E-state index in [-0.39, 0.29) is 40.8 Å². The molecule has 214 valence electrons. The zero-order chi connectivity index (χ0) is 28.6. The highest BCUT2D eigenvalue weighted by atomic mass is 32.1. The van der Waals surface area contributed by atoms with Gasteiger partial charge in [0.05, 0.1) is 12.1 Å². The fraction of sp³-hybridized carbons (Fsp3) is 0.467. The van der Waals surface area contributed by atoms with Crippen molar-refractivity contribution >= 4 is 35.1 Å². The lowest BCUT2D eigenvalue weighted by atomic mass is 9.92. The van der Waals surface area contributed by atoms with Crippen LogP contribution in [0, 0.1) is 5.92 Å². The Balaban J connectivity index is 1.59. The molecule has 0 spiro atoms. The van der Waals surface area contributed by atoms with E-state index in [1.54, 1.807) is 11.9 Å². The Hall–Kier alpha value is -3.50.